The molecular weight excluding hydrogens is 184 g/mol. The molecule has 0 saturated heterocycles. The van der Waals surface area contributed by atoms with Crippen LogP contribution in [-0.4, -0.2) is 27.2 Å². The quantitative estimate of drug-likeness (QED) is 0.627. The first-order valence-electron chi connectivity index (χ1n) is 4.04. The molecule has 0 aliphatic carbocycles. The van der Waals surface area contributed by atoms with Crippen molar-refractivity contribution in [3.63, 3.8) is 0 Å². The van der Waals surface area contributed by atoms with Crippen LogP contribution >= 0.6 is 0 Å². The smallest absolute Gasteiger partial charge is 0.228 e. The van der Waals surface area contributed by atoms with Gasteiger partial charge in [0.25, 0.3) is 0 Å². The summed E-state index contributed by atoms with van der Waals surface area (Å²) < 4.78 is 5.05. The maximum atomic E-state index is 9.05. The second-order valence-electron chi connectivity index (χ2n) is 2.79. The number of rotatable bonds is 2. The summed E-state index contributed by atoms with van der Waals surface area (Å²) in [7, 11) is 1.50. The number of anilines is 1. The van der Waals surface area contributed by atoms with Crippen molar-refractivity contribution in [1.82, 2.24) is 15.0 Å². The van der Waals surface area contributed by atoms with Crippen molar-refractivity contribution in [2.24, 2.45) is 0 Å². The van der Waals surface area contributed by atoms with Crippen molar-refractivity contribution >= 4 is 17.0 Å². The number of H-pyrrole nitrogens is 1. The molecule has 0 amide bonds. The number of nitrogens with one attached hydrogen (secondary N) is 1. The average Bonchev–Trinajstić information content (AvgIpc) is 2.59. The SMILES string of the molecule is COc1nc(N)nc2[nH]cc(CO)c12. The van der Waals surface area contributed by atoms with Gasteiger partial charge in [-0.05, 0) is 0 Å². The number of hydrogen-bond donors (Lipinski definition) is 3. The number of aromatic amines is 1. The Kier molecular flexibility index (Phi) is 1.97. The third-order valence-corrected chi connectivity index (χ3v) is 1.96. The van der Waals surface area contributed by atoms with Crippen molar-refractivity contribution in [2.75, 3.05) is 12.8 Å². The summed E-state index contributed by atoms with van der Waals surface area (Å²) in [6, 6.07) is 0. The zero-order valence-electron chi connectivity index (χ0n) is 7.61. The predicted octanol–water partition coefficient (Wildman–Crippen LogP) is 0.0410. The highest BCUT2D eigenvalue weighted by molar-refractivity contribution is 5.85. The molecule has 6 heteroatoms. The fourth-order valence-electron chi connectivity index (χ4n) is 1.35. The minimum absolute atomic E-state index is 0.0936. The number of aromatic nitrogens is 3. The molecule has 0 saturated carbocycles. The van der Waals surface area contributed by atoms with Gasteiger partial charge in [0.05, 0.1) is 19.1 Å². The summed E-state index contributed by atoms with van der Waals surface area (Å²) in [5.41, 5.74) is 6.73. The van der Waals surface area contributed by atoms with Gasteiger partial charge in [-0.3, -0.25) is 0 Å². The van der Waals surface area contributed by atoms with Gasteiger partial charge in [-0.2, -0.15) is 9.97 Å². The number of ether oxygens (including phenoxy) is 1. The van der Waals surface area contributed by atoms with Crippen LogP contribution in [0.1, 0.15) is 5.56 Å². The Morgan fingerprint density at radius 1 is 1.57 bits per heavy atom. The van der Waals surface area contributed by atoms with Crippen molar-refractivity contribution in [2.45, 2.75) is 6.61 Å². The molecule has 2 heterocycles. The van der Waals surface area contributed by atoms with Gasteiger partial charge in [0, 0.05) is 11.8 Å². The number of nitrogen functional groups attached to an aromatic ring is 1. The monoisotopic (exact) mass is 194 g/mol. The summed E-state index contributed by atoms with van der Waals surface area (Å²) in [4.78, 5) is 10.8. The molecule has 0 aliphatic rings. The molecule has 4 N–H and O–H groups in total. The number of aliphatic hydroxyl groups is 1. The average molecular weight is 194 g/mol. The molecule has 2 aromatic heterocycles. The third kappa shape index (κ3) is 1.16. The lowest BCUT2D eigenvalue weighted by Gasteiger charge is -2.02. The van der Waals surface area contributed by atoms with Gasteiger partial charge < -0.3 is 20.6 Å². The first-order valence-corrected chi connectivity index (χ1v) is 4.04. The van der Waals surface area contributed by atoms with E-state index >= 15 is 0 Å². The van der Waals surface area contributed by atoms with Gasteiger partial charge in [0.2, 0.25) is 11.8 Å². The van der Waals surface area contributed by atoms with Crippen LogP contribution < -0.4 is 10.5 Å². The van der Waals surface area contributed by atoms with E-state index in [0.717, 1.165) is 0 Å². The highest BCUT2D eigenvalue weighted by Gasteiger charge is 2.12. The highest BCUT2D eigenvalue weighted by Crippen LogP contribution is 2.26. The summed E-state index contributed by atoms with van der Waals surface area (Å²) in [6.07, 6.45) is 1.65. The normalized spacial score (nSPS) is 10.7. The van der Waals surface area contributed by atoms with Gasteiger partial charge >= 0.3 is 0 Å². The molecule has 0 fully saturated rings. The van der Waals surface area contributed by atoms with E-state index in [0.29, 0.717) is 22.5 Å². The van der Waals surface area contributed by atoms with Crippen molar-refractivity contribution in [3.05, 3.63) is 11.8 Å². The van der Waals surface area contributed by atoms with Crippen molar-refractivity contribution in [1.29, 1.82) is 0 Å². The molecule has 0 atom stereocenters. The molecular formula is C8H10N4O2. The number of methoxy groups -OCH3 is 1. The molecule has 0 unspecified atom stereocenters. The lowest BCUT2D eigenvalue weighted by atomic mass is 10.2. The van der Waals surface area contributed by atoms with Crippen LogP contribution in [0, 0.1) is 0 Å². The number of hydrogen-bond acceptors (Lipinski definition) is 5. The van der Waals surface area contributed by atoms with Crippen molar-refractivity contribution < 1.29 is 9.84 Å². The van der Waals surface area contributed by atoms with E-state index in [9.17, 15) is 0 Å². The van der Waals surface area contributed by atoms with Gasteiger partial charge in [-0.25, -0.2) is 0 Å². The molecule has 74 valence electrons. The third-order valence-electron chi connectivity index (χ3n) is 1.96. The fraction of sp³-hybridized carbons (Fsp3) is 0.250. The number of fused-ring (bicyclic) bond motifs is 1. The van der Waals surface area contributed by atoms with Crippen LogP contribution in [-0.2, 0) is 6.61 Å². The predicted molar refractivity (Wildman–Crippen MR) is 50.8 cm³/mol. The second-order valence-corrected chi connectivity index (χ2v) is 2.79. The zero-order valence-corrected chi connectivity index (χ0v) is 7.61. The Labute approximate surface area is 79.7 Å². The molecule has 2 aromatic rings. The molecule has 2 rings (SSSR count). The molecule has 6 nitrogen and oxygen atoms in total. The van der Waals surface area contributed by atoms with E-state index in [2.05, 4.69) is 15.0 Å². The minimum atomic E-state index is -0.0936. The number of nitrogens with two attached hydrogens (primary N) is 1. The van der Waals surface area contributed by atoms with Gasteiger partial charge in [-0.15, -0.1) is 0 Å². The summed E-state index contributed by atoms with van der Waals surface area (Å²) in [5.74, 6) is 0.512. The van der Waals surface area contributed by atoms with Crippen LogP contribution in [0.5, 0.6) is 5.88 Å². The van der Waals surface area contributed by atoms with Crippen LogP contribution in [0.15, 0.2) is 6.20 Å². The first-order chi connectivity index (χ1) is 6.76. The van der Waals surface area contributed by atoms with E-state index < -0.39 is 0 Å². The minimum Gasteiger partial charge on any atom is -0.480 e. The molecule has 0 bridgehead atoms. The number of aliphatic hydroxyl groups excluding tert-OH is 1. The molecule has 0 aromatic carbocycles. The van der Waals surface area contributed by atoms with E-state index in [1.165, 1.54) is 7.11 Å². The van der Waals surface area contributed by atoms with Gasteiger partial charge in [-0.1, -0.05) is 0 Å². The molecule has 0 radical (unpaired) electrons. The van der Waals surface area contributed by atoms with Crippen LogP contribution in [0.4, 0.5) is 5.95 Å². The van der Waals surface area contributed by atoms with Crippen LogP contribution in [0.3, 0.4) is 0 Å². The first kappa shape index (κ1) is 8.76. The Morgan fingerprint density at radius 2 is 2.36 bits per heavy atom. The number of nitrogens with zero attached hydrogens (tertiary/aromatic N) is 2. The van der Waals surface area contributed by atoms with Gasteiger partial charge in [0.1, 0.15) is 5.65 Å². The maximum Gasteiger partial charge on any atom is 0.228 e. The highest BCUT2D eigenvalue weighted by atomic mass is 16.5. The Morgan fingerprint density at radius 3 is 3.00 bits per heavy atom. The molecule has 0 aliphatic heterocycles. The Hall–Kier alpha value is -1.82. The summed E-state index contributed by atoms with van der Waals surface area (Å²) in [6.45, 7) is -0.0936. The van der Waals surface area contributed by atoms with E-state index in [4.69, 9.17) is 15.6 Å². The van der Waals surface area contributed by atoms with E-state index in [1.807, 2.05) is 0 Å². The van der Waals surface area contributed by atoms with Gasteiger partial charge in [0.15, 0.2) is 0 Å². The zero-order chi connectivity index (χ0) is 10.1. The van der Waals surface area contributed by atoms with Crippen LogP contribution in [0.2, 0.25) is 0 Å². The fourth-order valence-corrected chi connectivity index (χ4v) is 1.35. The Bertz CT molecular complexity index is 466. The van der Waals surface area contributed by atoms with E-state index in [-0.39, 0.29) is 12.6 Å². The van der Waals surface area contributed by atoms with E-state index in [1.54, 1.807) is 6.20 Å². The molecule has 14 heavy (non-hydrogen) atoms. The summed E-state index contributed by atoms with van der Waals surface area (Å²) in [5, 5.41) is 9.72. The topological polar surface area (TPSA) is 97.0 Å². The van der Waals surface area contributed by atoms with Crippen molar-refractivity contribution in [3.8, 4) is 5.88 Å². The Balaban J connectivity index is 2.78. The lowest BCUT2D eigenvalue weighted by Crippen LogP contribution is -1.98. The van der Waals surface area contributed by atoms with Crippen LogP contribution in [0.25, 0.3) is 11.0 Å². The second kappa shape index (κ2) is 3.15. The standard InChI is InChI=1S/C8H10N4O2/c1-14-7-5-4(3-13)2-10-6(5)11-8(9)12-7/h2,13H,3H2,1H3,(H3,9,10,11,12). The lowest BCUT2D eigenvalue weighted by molar-refractivity contribution is 0.283. The molecule has 0 spiro atoms. The maximum absolute atomic E-state index is 9.05. The summed E-state index contributed by atoms with van der Waals surface area (Å²) >= 11 is 0. The largest absolute Gasteiger partial charge is 0.480 e.